The van der Waals surface area contributed by atoms with Crippen molar-refractivity contribution >= 4 is 11.7 Å². The van der Waals surface area contributed by atoms with Gasteiger partial charge in [0.15, 0.2) is 17.7 Å². The fourth-order valence-electron chi connectivity index (χ4n) is 3.77. The molecular weight excluding hydrogens is 388 g/mol. The van der Waals surface area contributed by atoms with Gasteiger partial charge in [-0.05, 0) is 13.8 Å². The molecule has 0 spiro atoms. The molecular formula is C18H32N2O9. The van der Waals surface area contributed by atoms with Gasteiger partial charge in [0.25, 0.3) is 0 Å². The molecule has 2 fully saturated rings. The van der Waals surface area contributed by atoms with Crippen molar-refractivity contribution in [3.05, 3.63) is 0 Å². The summed E-state index contributed by atoms with van der Waals surface area (Å²) in [4.78, 5) is 24.2. The summed E-state index contributed by atoms with van der Waals surface area (Å²) >= 11 is 0. The number of Topliss-reactive ketones (excluding diaryl/α,β-unsaturated/α-hetero) is 1. The number of nitrogens with one attached hydrogen (secondary N) is 1. The van der Waals surface area contributed by atoms with E-state index >= 15 is 0 Å². The molecule has 2 saturated heterocycles. The molecule has 2 aliphatic heterocycles. The number of carbonyl (C=O) groups is 2. The number of aliphatic hydroxyl groups is 3. The molecule has 0 aromatic heterocycles. The van der Waals surface area contributed by atoms with Crippen molar-refractivity contribution in [1.29, 1.82) is 0 Å². The largest absolute Gasteiger partial charge is 0.394 e. The number of nitrogens with two attached hydrogens (primary N) is 1. The quantitative estimate of drug-likeness (QED) is 0.281. The molecule has 2 unspecified atom stereocenters. The number of amides is 1. The normalized spacial score (nSPS) is 37.6. The average Bonchev–Trinajstić information content (AvgIpc) is 2.66. The van der Waals surface area contributed by atoms with E-state index < -0.39 is 60.9 Å². The van der Waals surface area contributed by atoms with Crippen LogP contribution >= 0.6 is 0 Å². The standard InChI is InChI=1S/C18H32N2O9/c1-9(6-18(16(24)10(2)19)8-26-4-5-27-18)28-15-13(20-11(3)22)17(25)29-12(7-21)14(15)23/h9-10,12-15,17,21,23,25H,4-8,19H2,1-3H3,(H,20,22)/t9?,10-,12+,13+,14+,15+,17-,18?/m0/s1. The van der Waals surface area contributed by atoms with E-state index in [0.29, 0.717) is 6.61 Å². The first kappa shape index (κ1) is 24.1. The second kappa shape index (κ2) is 10.2. The maximum absolute atomic E-state index is 12.7. The van der Waals surface area contributed by atoms with Gasteiger partial charge in [0.1, 0.15) is 24.4 Å². The molecule has 2 rings (SSSR count). The highest BCUT2D eigenvalue weighted by molar-refractivity contribution is 5.91. The molecule has 0 aliphatic carbocycles. The first-order chi connectivity index (χ1) is 13.6. The van der Waals surface area contributed by atoms with E-state index in [0.717, 1.165) is 0 Å². The molecule has 0 aromatic rings. The molecule has 1 amide bonds. The minimum Gasteiger partial charge on any atom is -0.394 e. The zero-order valence-electron chi connectivity index (χ0n) is 16.9. The number of ether oxygens (including phenoxy) is 4. The van der Waals surface area contributed by atoms with E-state index in [9.17, 15) is 24.9 Å². The van der Waals surface area contributed by atoms with Crippen molar-refractivity contribution in [3.63, 3.8) is 0 Å². The molecule has 0 radical (unpaired) electrons. The van der Waals surface area contributed by atoms with Crippen molar-refractivity contribution in [1.82, 2.24) is 5.32 Å². The highest BCUT2D eigenvalue weighted by Gasteiger charge is 2.49. The van der Waals surface area contributed by atoms with E-state index in [1.165, 1.54) is 6.92 Å². The van der Waals surface area contributed by atoms with E-state index in [1.807, 2.05) is 0 Å². The predicted octanol–water partition coefficient (Wildman–Crippen LogP) is -2.57. The maximum atomic E-state index is 12.7. The highest BCUT2D eigenvalue weighted by Crippen LogP contribution is 2.29. The lowest BCUT2D eigenvalue weighted by Gasteiger charge is -2.44. The Bertz CT molecular complexity index is 568. The molecule has 0 bridgehead atoms. The van der Waals surface area contributed by atoms with Gasteiger partial charge in [-0.1, -0.05) is 0 Å². The zero-order chi connectivity index (χ0) is 21.8. The fraction of sp³-hybridized carbons (Fsp3) is 0.889. The molecule has 0 aromatic carbocycles. The highest BCUT2D eigenvalue weighted by atomic mass is 16.6. The Kier molecular flexibility index (Phi) is 8.49. The van der Waals surface area contributed by atoms with Crippen molar-refractivity contribution in [2.45, 2.75) is 75.6 Å². The molecule has 2 aliphatic rings. The molecule has 0 saturated carbocycles. The Labute approximate surface area is 169 Å². The third-order valence-corrected chi connectivity index (χ3v) is 5.05. The van der Waals surface area contributed by atoms with E-state index in [-0.39, 0.29) is 25.4 Å². The summed E-state index contributed by atoms with van der Waals surface area (Å²) in [7, 11) is 0. The number of aliphatic hydroxyl groups excluding tert-OH is 3. The zero-order valence-corrected chi connectivity index (χ0v) is 16.9. The first-order valence-corrected chi connectivity index (χ1v) is 9.68. The van der Waals surface area contributed by atoms with Gasteiger partial charge in [0.2, 0.25) is 5.91 Å². The van der Waals surface area contributed by atoms with Gasteiger partial charge in [-0.15, -0.1) is 0 Å². The summed E-state index contributed by atoms with van der Waals surface area (Å²) in [6, 6.07) is -1.85. The molecule has 11 heteroatoms. The van der Waals surface area contributed by atoms with Crippen LogP contribution in [-0.4, -0.2) is 102 Å². The van der Waals surface area contributed by atoms with E-state index in [2.05, 4.69) is 5.32 Å². The summed E-state index contributed by atoms with van der Waals surface area (Å²) in [6.45, 7) is 4.53. The lowest BCUT2D eigenvalue weighted by Crippen LogP contribution is -2.65. The van der Waals surface area contributed by atoms with E-state index in [4.69, 9.17) is 24.7 Å². The third-order valence-electron chi connectivity index (χ3n) is 5.05. The topological polar surface area (TPSA) is 170 Å². The molecule has 168 valence electrons. The lowest BCUT2D eigenvalue weighted by molar-refractivity contribution is -0.270. The summed E-state index contributed by atoms with van der Waals surface area (Å²) in [5, 5.41) is 32.6. The van der Waals surface area contributed by atoms with Crippen LogP contribution in [-0.2, 0) is 28.5 Å². The fourth-order valence-corrected chi connectivity index (χ4v) is 3.77. The molecule has 11 nitrogen and oxygen atoms in total. The van der Waals surface area contributed by atoms with Gasteiger partial charge in [0, 0.05) is 13.3 Å². The number of carbonyl (C=O) groups excluding carboxylic acids is 2. The van der Waals surface area contributed by atoms with Gasteiger partial charge in [0.05, 0.1) is 38.6 Å². The van der Waals surface area contributed by atoms with Crippen LogP contribution in [0.3, 0.4) is 0 Å². The van der Waals surface area contributed by atoms with Gasteiger partial charge < -0.3 is 45.3 Å². The number of rotatable bonds is 8. The van der Waals surface area contributed by atoms with Gasteiger partial charge in [-0.3, -0.25) is 9.59 Å². The molecule has 29 heavy (non-hydrogen) atoms. The maximum Gasteiger partial charge on any atom is 0.217 e. The van der Waals surface area contributed by atoms with Crippen molar-refractivity contribution < 1.29 is 43.9 Å². The minimum atomic E-state index is -1.49. The lowest BCUT2D eigenvalue weighted by atomic mass is 9.88. The predicted molar refractivity (Wildman–Crippen MR) is 98.7 cm³/mol. The Morgan fingerprint density at radius 3 is 2.52 bits per heavy atom. The van der Waals surface area contributed by atoms with E-state index in [1.54, 1.807) is 13.8 Å². The van der Waals surface area contributed by atoms with Crippen LogP contribution in [0.4, 0.5) is 0 Å². The van der Waals surface area contributed by atoms with Crippen LogP contribution < -0.4 is 11.1 Å². The Morgan fingerprint density at radius 2 is 2.00 bits per heavy atom. The van der Waals surface area contributed by atoms with Crippen LogP contribution in [0.15, 0.2) is 0 Å². The Hall–Kier alpha value is -1.18. The molecule has 2 heterocycles. The van der Waals surface area contributed by atoms with Gasteiger partial charge in [-0.2, -0.15) is 0 Å². The number of hydrogen-bond acceptors (Lipinski definition) is 10. The number of hydrogen-bond donors (Lipinski definition) is 5. The monoisotopic (exact) mass is 420 g/mol. The van der Waals surface area contributed by atoms with Crippen LogP contribution in [0.5, 0.6) is 0 Å². The first-order valence-electron chi connectivity index (χ1n) is 9.68. The van der Waals surface area contributed by atoms with Crippen LogP contribution in [0.2, 0.25) is 0 Å². The summed E-state index contributed by atoms with van der Waals surface area (Å²) in [5.74, 6) is -0.784. The average molecular weight is 420 g/mol. The van der Waals surface area contributed by atoms with Crippen LogP contribution in [0.25, 0.3) is 0 Å². The summed E-state index contributed by atoms with van der Waals surface area (Å²) in [5.41, 5.74) is 4.48. The summed E-state index contributed by atoms with van der Waals surface area (Å²) in [6.07, 6.45) is -5.58. The SMILES string of the molecule is CC(=O)N[C@@H]1[C@@H](OC(C)CC2(C(=O)[C@H](C)N)COCCO2)[C@H](O)[C@@H](CO)O[C@@H]1O. The molecule has 6 N–H and O–H groups in total. The van der Waals surface area contributed by atoms with Crippen molar-refractivity contribution in [2.24, 2.45) is 5.73 Å². The minimum absolute atomic E-state index is 0.0222. The second-order valence-electron chi connectivity index (χ2n) is 7.63. The number of ketones is 1. The third kappa shape index (κ3) is 5.70. The van der Waals surface area contributed by atoms with Crippen LogP contribution in [0, 0.1) is 0 Å². The second-order valence-corrected chi connectivity index (χ2v) is 7.63. The smallest absolute Gasteiger partial charge is 0.217 e. The van der Waals surface area contributed by atoms with Crippen LogP contribution in [0.1, 0.15) is 27.2 Å². The van der Waals surface area contributed by atoms with Crippen molar-refractivity contribution in [2.75, 3.05) is 26.4 Å². The Balaban J connectivity index is 2.18. The molecule has 8 atom stereocenters. The van der Waals surface area contributed by atoms with Gasteiger partial charge >= 0.3 is 0 Å². The van der Waals surface area contributed by atoms with Crippen molar-refractivity contribution in [3.8, 4) is 0 Å². The summed E-state index contributed by atoms with van der Waals surface area (Å²) < 4.78 is 22.3. The van der Waals surface area contributed by atoms with Gasteiger partial charge in [-0.25, -0.2) is 0 Å². The Morgan fingerprint density at radius 1 is 1.31 bits per heavy atom.